The zero-order chi connectivity index (χ0) is 12.1. The molecule has 16 heavy (non-hydrogen) atoms. The zero-order valence-corrected chi connectivity index (χ0v) is 8.54. The van der Waals surface area contributed by atoms with Crippen LogP contribution in [-0.4, -0.2) is 11.0 Å². The molecular weight excluding hydrogens is 214 g/mol. The number of nitro groups is 1. The lowest BCUT2D eigenvalue weighted by molar-refractivity contribution is -0.384. The molecule has 86 valence electrons. The fraction of sp³-hybridized carbons (Fsp3) is 0.222. The molecule has 1 atom stereocenters. The summed E-state index contributed by atoms with van der Waals surface area (Å²) in [4.78, 5) is 20.7. The highest BCUT2D eigenvalue weighted by Gasteiger charge is 2.12. The van der Waals surface area contributed by atoms with Gasteiger partial charge < -0.3 is 4.74 Å². The maximum Gasteiger partial charge on any atom is 0.422 e. The number of carbonyl (C=O) groups is 1. The predicted molar refractivity (Wildman–Crippen MR) is 55.3 cm³/mol. The number of benzene rings is 1. The van der Waals surface area contributed by atoms with Gasteiger partial charge in [-0.1, -0.05) is 0 Å². The van der Waals surface area contributed by atoms with Crippen molar-refractivity contribution in [1.82, 2.24) is 5.43 Å². The van der Waals surface area contributed by atoms with Crippen molar-refractivity contribution in [3.8, 4) is 0 Å². The average molecular weight is 225 g/mol. The molecule has 1 aromatic carbocycles. The normalized spacial score (nSPS) is 11.6. The molecule has 0 fully saturated rings. The van der Waals surface area contributed by atoms with E-state index >= 15 is 0 Å². The Morgan fingerprint density at radius 3 is 2.50 bits per heavy atom. The molecule has 0 aromatic heterocycles. The van der Waals surface area contributed by atoms with Gasteiger partial charge in [0.05, 0.1) is 4.92 Å². The first-order valence-electron chi connectivity index (χ1n) is 4.46. The molecular formula is C9H11N3O4. The Kier molecular flexibility index (Phi) is 3.78. The van der Waals surface area contributed by atoms with E-state index in [2.05, 4.69) is 0 Å². The summed E-state index contributed by atoms with van der Waals surface area (Å²) in [6.07, 6.45) is -1.28. The lowest BCUT2D eigenvalue weighted by Gasteiger charge is -2.12. The van der Waals surface area contributed by atoms with Crippen LogP contribution in [0.4, 0.5) is 10.5 Å². The predicted octanol–water partition coefficient (Wildman–Crippen LogP) is 1.26. The van der Waals surface area contributed by atoms with Crippen molar-refractivity contribution in [3.05, 3.63) is 39.9 Å². The molecule has 1 rings (SSSR count). The highest BCUT2D eigenvalue weighted by Crippen LogP contribution is 2.19. The van der Waals surface area contributed by atoms with Crippen LogP contribution in [0.15, 0.2) is 24.3 Å². The Morgan fingerprint density at radius 2 is 2.06 bits per heavy atom. The lowest BCUT2D eigenvalue weighted by atomic mass is 10.1. The Labute approximate surface area is 91.3 Å². The van der Waals surface area contributed by atoms with Gasteiger partial charge in [-0.05, 0) is 24.6 Å². The molecule has 0 aliphatic heterocycles. The van der Waals surface area contributed by atoms with Crippen molar-refractivity contribution >= 4 is 11.8 Å². The van der Waals surface area contributed by atoms with Crippen molar-refractivity contribution in [2.45, 2.75) is 13.0 Å². The Hall–Kier alpha value is -2.15. The van der Waals surface area contributed by atoms with Gasteiger partial charge in [-0.3, -0.25) is 15.5 Å². The van der Waals surface area contributed by atoms with E-state index in [1.54, 1.807) is 6.92 Å². The van der Waals surface area contributed by atoms with Gasteiger partial charge in [0.25, 0.3) is 5.69 Å². The van der Waals surface area contributed by atoms with E-state index in [9.17, 15) is 14.9 Å². The molecule has 1 unspecified atom stereocenters. The molecule has 7 heteroatoms. The van der Waals surface area contributed by atoms with E-state index in [0.29, 0.717) is 5.56 Å². The standard InChI is InChI=1S/C9H11N3O4/c1-6(16-9(13)11-10)7-2-4-8(5-3-7)12(14)15/h2-6H,10H2,1H3,(H,11,13). The topological polar surface area (TPSA) is 107 Å². The number of ether oxygens (including phenoxy) is 1. The third kappa shape index (κ3) is 2.92. The molecule has 0 aliphatic carbocycles. The maximum absolute atomic E-state index is 10.8. The second-order valence-corrected chi connectivity index (χ2v) is 3.04. The van der Waals surface area contributed by atoms with E-state index in [4.69, 9.17) is 10.6 Å². The molecule has 0 bridgehead atoms. The number of nitrogens with zero attached hydrogens (tertiary/aromatic N) is 1. The van der Waals surface area contributed by atoms with Crippen LogP contribution in [-0.2, 0) is 4.74 Å². The summed E-state index contributed by atoms with van der Waals surface area (Å²) in [5, 5.41) is 10.4. The van der Waals surface area contributed by atoms with Crippen LogP contribution in [0.25, 0.3) is 0 Å². The van der Waals surface area contributed by atoms with Crippen LogP contribution in [0.1, 0.15) is 18.6 Å². The Bertz CT molecular complexity index is 390. The summed E-state index contributed by atoms with van der Waals surface area (Å²) in [5.41, 5.74) is 2.46. The van der Waals surface area contributed by atoms with Crippen molar-refractivity contribution in [1.29, 1.82) is 0 Å². The minimum absolute atomic E-state index is 0.0146. The molecule has 7 nitrogen and oxygen atoms in total. The molecule has 1 amide bonds. The van der Waals surface area contributed by atoms with Gasteiger partial charge in [-0.15, -0.1) is 0 Å². The van der Waals surface area contributed by atoms with E-state index in [1.807, 2.05) is 5.43 Å². The lowest BCUT2D eigenvalue weighted by Crippen LogP contribution is -2.31. The highest BCUT2D eigenvalue weighted by molar-refractivity contribution is 5.66. The van der Waals surface area contributed by atoms with Gasteiger partial charge in [0.15, 0.2) is 0 Å². The maximum atomic E-state index is 10.8. The number of hydrogen-bond acceptors (Lipinski definition) is 5. The molecule has 0 spiro atoms. The van der Waals surface area contributed by atoms with Crippen molar-refractivity contribution in [2.75, 3.05) is 0 Å². The monoisotopic (exact) mass is 225 g/mol. The van der Waals surface area contributed by atoms with Gasteiger partial charge in [-0.25, -0.2) is 10.6 Å². The number of amides is 1. The number of carbonyl (C=O) groups excluding carboxylic acids is 1. The molecule has 1 aromatic rings. The summed E-state index contributed by atoms with van der Waals surface area (Å²) in [5.74, 6) is 4.85. The minimum Gasteiger partial charge on any atom is -0.441 e. The quantitative estimate of drug-likeness (QED) is 0.348. The van der Waals surface area contributed by atoms with E-state index in [1.165, 1.54) is 24.3 Å². The van der Waals surface area contributed by atoms with E-state index in [-0.39, 0.29) is 5.69 Å². The largest absolute Gasteiger partial charge is 0.441 e. The third-order valence-corrected chi connectivity index (χ3v) is 1.97. The van der Waals surface area contributed by atoms with Gasteiger partial charge >= 0.3 is 6.09 Å². The third-order valence-electron chi connectivity index (χ3n) is 1.97. The van der Waals surface area contributed by atoms with Crippen LogP contribution in [0.2, 0.25) is 0 Å². The van der Waals surface area contributed by atoms with E-state index in [0.717, 1.165) is 0 Å². The fourth-order valence-corrected chi connectivity index (χ4v) is 1.13. The van der Waals surface area contributed by atoms with E-state index < -0.39 is 17.1 Å². The molecule has 0 heterocycles. The molecule has 3 N–H and O–H groups in total. The summed E-state index contributed by atoms with van der Waals surface area (Å²) < 4.78 is 4.84. The van der Waals surface area contributed by atoms with Gasteiger partial charge in [0.1, 0.15) is 6.10 Å². The van der Waals surface area contributed by atoms with Gasteiger partial charge in [-0.2, -0.15) is 0 Å². The molecule has 0 aliphatic rings. The number of non-ortho nitro benzene ring substituents is 1. The molecule has 0 saturated carbocycles. The second-order valence-electron chi connectivity index (χ2n) is 3.04. The first-order valence-corrected chi connectivity index (χ1v) is 4.46. The first kappa shape index (κ1) is 11.9. The number of nitro benzene ring substituents is 1. The van der Waals surface area contributed by atoms with Crippen LogP contribution in [0.3, 0.4) is 0 Å². The van der Waals surface area contributed by atoms with Gasteiger partial charge in [0.2, 0.25) is 0 Å². The Morgan fingerprint density at radius 1 is 1.50 bits per heavy atom. The summed E-state index contributed by atoms with van der Waals surface area (Å²) in [6, 6.07) is 5.73. The summed E-state index contributed by atoms with van der Waals surface area (Å²) >= 11 is 0. The van der Waals surface area contributed by atoms with Crippen LogP contribution < -0.4 is 11.3 Å². The number of rotatable bonds is 3. The SMILES string of the molecule is CC(OC(=O)NN)c1ccc([N+](=O)[O-])cc1. The van der Waals surface area contributed by atoms with Crippen molar-refractivity contribution in [3.63, 3.8) is 0 Å². The average Bonchev–Trinajstić information content (AvgIpc) is 2.28. The van der Waals surface area contributed by atoms with Crippen molar-refractivity contribution in [2.24, 2.45) is 5.84 Å². The Balaban J connectivity index is 2.73. The fourth-order valence-electron chi connectivity index (χ4n) is 1.13. The van der Waals surface area contributed by atoms with Crippen LogP contribution >= 0.6 is 0 Å². The second kappa shape index (κ2) is 5.08. The van der Waals surface area contributed by atoms with Gasteiger partial charge in [0, 0.05) is 12.1 Å². The number of nitrogens with two attached hydrogens (primary N) is 1. The van der Waals surface area contributed by atoms with Crippen LogP contribution in [0.5, 0.6) is 0 Å². The number of hydrazine groups is 1. The van der Waals surface area contributed by atoms with Crippen molar-refractivity contribution < 1.29 is 14.5 Å². The number of hydrogen-bond donors (Lipinski definition) is 2. The smallest absolute Gasteiger partial charge is 0.422 e. The zero-order valence-electron chi connectivity index (χ0n) is 8.54. The minimum atomic E-state index is -0.758. The number of nitrogens with one attached hydrogen (secondary N) is 1. The summed E-state index contributed by atoms with van der Waals surface area (Å²) in [6.45, 7) is 1.64. The van der Waals surface area contributed by atoms with Crippen LogP contribution in [0, 0.1) is 10.1 Å². The first-order chi connectivity index (χ1) is 7.54. The molecule has 0 saturated heterocycles. The molecule has 0 radical (unpaired) electrons. The summed E-state index contributed by atoms with van der Waals surface area (Å²) in [7, 11) is 0. The highest BCUT2D eigenvalue weighted by atomic mass is 16.6.